The van der Waals surface area contributed by atoms with Crippen molar-refractivity contribution in [3.8, 4) is 11.5 Å². The van der Waals surface area contributed by atoms with Gasteiger partial charge in [0.25, 0.3) is 5.91 Å². The molecule has 1 saturated heterocycles. The SMILES string of the molecule is O=C(NCCN1CCC(OC(c2ccccc2)c2ccccc2)CC1)c1cc(O)cc2c(O)cccc12. The molecule has 190 valence electrons. The van der Waals surface area contributed by atoms with Crippen molar-refractivity contribution in [2.24, 2.45) is 0 Å². The molecule has 0 saturated carbocycles. The van der Waals surface area contributed by atoms with Crippen LogP contribution < -0.4 is 5.32 Å². The Balaban J connectivity index is 1.14. The highest BCUT2D eigenvalue weighted by Gasteiger charge is 2.25. The Kier molecular flexibility index (Phi) is 7.68. The molecule has 0 spiro atoms. The lowest BCUT2D eigenvalue weighted by Crippen LogP contribution is -2.41. The lowest BCUT2D eigenvalue weighted by Gasteiger charge is -2.34. The van der Waals surface area contributed by atoms with Crippen molar-refractivity contribution in [2.75, 3.05) is 26.2 Å². The lowest BCUT2D eigenvalue weighted by atomic mass is 10.00. The van der Waals surface area contributed by atoms with Crippen LogP contribution in [0.25, 0.3) is 10.8 Å². The number of likely N-dealkylation sites (tertiary alicyclic amines) is 1. The minimum atomic E-state index is -0.265. The summed E-state index contributed by atoms with van der Waals surface area (Å²) in [5.41, 5.74) is 2.67. The second-order valence-corrected chi connectivity index (χ2v) is 9.50. The van der Waals surface area contributed by atoms with Gasteiger partial charge in [0.15, 0.2) is 0 Å². The highest BCUT2D eigenvalue weighted by molar-refractivity contribution is 6.09. The average Bonchev–Trinajstić information content (AvgIpc) is 2.93. The Morgan fingerprint density at radius 2 is 1.51 bits per heavy atom. The van der Waals surface area contributed by atoms with Gasteiger partial charge in [0, 0.05) is 31.6 Å². The number of amides is 1. The minimum Gasteiger partial charge on any atom is -0.508 e. The van der Waals surface area contributed by atoms with E-state index in [4.69, 9.17) is 4.74 Å². The molecule has 0 bridgehead atoms. The van der Waals surface area contributed by atoms with Gasteiger partial charge >= 0.3 is 0 Å². The van der Waals surface area contributed by atoms with Crippen LogP contribution in [0.3, 0.4) is 0 Å². The average molecular weight is 497 g/mol. The maximum Gasteiger partial charge on any atom is 0.252 e. The Morgan fingerprint density at radius 1 is 0.865 bits per heavy atom. The predicted molar refractivity (Wildman–Crippen MR) is 145 cm³/mol. The number of carbonyl (C=O) groups is 1. The van der Waals surface area contributed by atoms with Gasteiger partial charge in [0.1, 0.15) is 17.6 Å². The molecule has 1 fully saturated rings. The number of benzene rings is 4. The van der Waals surface area contributed by atoms with E-state index in [1.165, 1.54) is 12.1 Å². The van der Waals surface area contributed by atoms with Crippen LogP contribution in [0.2, 0.25) is 0 Å². The smallest absolute Gasteiger partial charge is 0.252 e. The number of piperidine rings is 1. The van der Waals surface area contributed by atoms with Gasteiger partial charge in [-0.1, -0.05) is 72.8 Å². The number of aromatic hydroxyl groups is 2. The Morgan fingerprint density at radius 3 is 2.16 bits per heavy atom. The Bertz CT molecular complexity index is 1300. The second-order valence-electron chi connectivity index (χ2n) is 9.50. The van der Waals surface area contributed by atoms with Crippen molar-refractivity contribution in [1.29, 1.82) is 0 Å². The first-order chi connectivity index (χ1) is 18.1. The molecule has 37 heavy (non-hydrogen) atoms. The summed E-state index contributed by atoms with van der Waals surface area (Å²) in [5.74, 6) is -0.280. The summed E-state index contributed by atoms with van der Waals surface area (Å²) >= 11 is 0. The molecule has 4 aromatic carbocycles. The molecule has 4 aromatic rings. The molecule has 1 aliphatic rings. The van der Waals surface area contributed by atoms with E-state index >= 15 is 0 Å². The molecular weight excluding hydrogens is 464 g/mol. The molecule has 3 N–H and O–H groups in total. The zero-order chi connectivity index (χ0) is 25.6. The third kappa shape index (κ3) is 5.93. The van der Waals surface area contributed by atoms with E-state index in [2.05, 4.69) is 34.5 Å². The summed E-state index contributed by atoms with van der Waals surface area (Å²) < 4.78 is 6.63. The lowest BCUT2D eigenvalue weighted by molar-refractivity contribution is -0.0267. The maximum atomic E-state index is 12.9. The van der Waals surface area contributed by atoms with Crippen LogP contribution in [0.4, 0.5) is 0 Å². The number of rotatable bonds is 8. The summed E-state index contributed by atoms with van der Waals surface area (Å²) in [6, 6.07) is 28.6. The van der Waals surface area contributed by atoms with Crippen molar-refractivity contribution in [3.63, 3.8) is 0 Å². The van der Waals surface area contributed by atoms with E-state index in [1.54, 1.807) is 18.2 Å². The fourth-order valence-corrected chi connectivity index (χ4v) is 5.03. The number of hydrogen-bond acceptors (Lipinski definition) is 5. The van der Waals surface area contributed by atoms with Crippen molar-refractivity contribution in [1.82, 2.24) is 10.2 Å². The van der Waals surface area contributed by atoms with Crippen LogP contribution in [-0.2, 0) is 4.74 Å². The molecular formula is C31H32N2O4. The number of nitrogens with zero attached hydrogens (tertiary/aromatic N) is 1. The number of hydrogen-bond donors (Lipinski definition) is 3. The van der Waals surface area contributed by atoms with E-state index in [0.29, 0.717) is 22.9 Å². The van der Waals surface area contributed by atoms with Crippen LogP contribution in [0, 0.1) is 0 Å². The van der Waals surface area contributed by atoms with Crippen molar-refractivity contribution in [2.45, 2.75) is 25.0 Å². The Labute approximate surface area is 217 Å². The molecule has 0 unspecified atom stereocenters. The summed E-state index contributed by atoms with van der Waals surface area (Å²) in [6.45, 7) is 3.04. The zero-order valence-electron chi connectivity index (χ0n) is 20.7. The second kappa shape index (κ2) is 11.5. The standard InChI is InChI=1S/C31H32N2O4/c34-24-20-27-26(12-7-13-29(27)35)28(21-24)31(36)32-16-19-33-17-14-25(15-18-33)37-30(22-8-3-1-4-9-22)23-10-5-2-6-11-23/h1-13,20-21,25,30,34-35H,14-19H2,(H,32,36). The summed E-state index contributed by atoms with van der Waals surface area (Å²) in [6.07, 6.45) is 1.94. The number of phenolic OH excluding ortho intramolecular Hbond substituents is 2. The number of nitrogens with one attached hydrogen (secondary N) is 1. The first-order valence-electron chi connectivity index (χ1n) is 12.8. The molecule has 1 amide bonds. The van der Waals surface area contributed by atoms with Crippen molar-refractivity contribution in [3.05, 3.63) is 108 Å². The number of carbonyl (C=O) groups excluding carboxylic acids is 1. The molecule has 0 aliphatic carbocycles. The quantitative estimate of drug-likeness (QED) is 0.310. The highest BCUT2D eigenvalue weighted by Crippen LogP contribution is 2.31. The molecule has 0 radical (unpaired) electrons. The molecule has 1 heterocycles. The van der Waals surface area contributed by atoms with Crippen LogP contribution in [-0.4, -0.2) is 53.3 Å². The van der Waals surface area contributed by atoms with Crippen LogP contribution >= 0.6 is 0 Å². The van der Waals surface area contributed by atoms with Gasteiger partial charge in [-0.05, 0) is 47.6 Å². The van der Waals surface area contributed by atoms with E-state index in [1.807, 2.05) is 36.4 Å². The third-order valence-corrected chi connectivity index (χ3v) is 6.98. The summed E-state index contributed by atoms with van der Waals surface area (Å²) in [7, 11) is 0. The van der Waals surface area contributed by atoms with E-state index < -0.39 is 0 Å². The molecule has 6 nitrogen and oxygen atoms in total. The molecule has 6 heteroatoms. The van der Waals surface area contributed by atoms with E-state index in [0.717, 1.165) is 43.6 Å². The fraction of sp³-hybridized carbons (Fsp3) is 0.258. The van der Waals surface area contributed by atoms with Gasteiger partial charge in [0.05, 0.1) is 11.7 Å². The van der Waals surface area contributed by atoms with Crippen molar-refractivity contribution < 1.29 is 19.7 Å². The van der Waals surface area contributed by atoms with E-state index in [9.17, 15) is 15.0 Å². The summed E-state index contributed by atoms with van der Waals surface area (Å²) in [5, 5.41) is 24.2. The molecule has 0 atom stereocenters. The number of fused-ring (bicyclic) bond motifs is 1. The highest BCUT2D eigenvalue weighted by atomic mass is 16.5. The number of ether oxygens (including phenoxy) is 1. The Hall–Kier alpha value is -3.87. The molecule has 0 aromatic heterocycles. The number of phenols is 2. The fourth-order valence-electron chi connectivity index (χ4n) is 5.03. The van der Waals surface area contributed by atoms with Gasteiger partial charge in [-0.2, -0.15) is 0 Å². The molecule has 1 aliphatic heterocycles. The third-order valence-electron chi connectivity index (χ3n) is 6.98. The van der Waals surface area contributed by atoms with Crippen LogP contribution in [0.15, 0.2) is 91.0 Å². The van der Waals surface area contributed by atoms with Crippen LogP contribution in [0.1, 0.15) is 40.4 Å². The maximum absolute atomic E-state index is 12.9. The van der Waals surface area contributed by atoms with Crippen molar-refractivity contribution >= 4 is 16.7 Å². The van der Waals surface area contributed by atoms with E-state index in [-0.39, 0.29) is 29.6 Å². The minimum absolute atomic E-state index is 0.0364. The zero-order valence-corrected chi connectivity index (χ0v) is 20.7. The monoisotopic (exact) mass is 496 g/mol. The van der Waals surface area contributed by atoms with Gasteiger partial charge in [-0.3, -0.25) is 4.79 Å². The van der Waals surface area contributed by atoms with Gasteiger partial charge in [-0.25, -0.2) is 0 Å². The van der Waals surface area contributed by atoms with Gasteiger partial charge < -0.3 is 25.2 Å². The predicted octanol–water partition coefficient (Wildman–Crippen LogP) is 5.25. The van der Waals surface area contributed by atoms with Gasteiger partial charge in [-0.15, -0.1) is 0 Å². The summed E-state index contributed by atoms with van der Waals surface area (Å²) in [4.78, 5) is 15.2. The normalized spacial score (nSPS) is 14.7. The topological polar surface area (TPSA) is 82.0 Å². The first kappa shape index (κ1) is 24.8. The largest absolute Gasteiger partial charge is 0.508 e. The first-order valence-corrected chi connectivity index (χ1v) is 12.8. The van der Waals surface area contributed by atoms with Crippen LogP contribution in [0.5, 0.6) is 11.5 Å². The molecule has 5 rings (SSSR count). The van der Waals surface area contributed by atoms with Gasteiger partial charge in [0.2, 0.25) is 0 Å².